The van der Waals surface area contributed by atoms with Gasteiger partial charge in [-0.25, -0.2) is 0 Å². The van der Waals surface area contributed by atoms with Crippen LogP contribution in [0.5, 0.6) is 5.75 Å². The van der Waals surface area contributed by atoms with Gasteiger partial charge in [-0.1, -0.05) is 6.07 Å². The van der Waals surface area contributed by atoms with E-state index in [0.29, 0.717) is 12.3 Å². The highest BCUT2D eigenvalue weighted by atomic mass is 79.9. The van der Waals surface area contributed by atoms with Crippen LogP contribution < -0.4 is 4.74 Å². The fourth-order valence-corrected chi connectivity index (χ4v) is 2.02. The van der Waals surface area contributed by atoms with Crippen molar-refractivity contribution in [1.82, 2.24) is 0 Å². The first-order valence-corrected chi connectivity index (χ1v) is 5.82. The van der Waals surface area contributed by atoms with Gasteiger partial charge in [0.05, 0.1) is 23.6 Å². The second kappa shape index (κ2) is 5.99. The van der Waals surface area contributed by atoms with Crippen LogP contribution in [0.25, 0.3) is 0 Å². The van der Waals surface area contributed by atoms with Crippen LogP contribution in [0.2, 0.25) is 0 Å². The standard InChI is InChI=1S/C11H11BrClNO/c1-15-11-3-2-8(5-10(11)12)4-9(6-13)7-14/h2-3,5,9H,4,6H2,1H3. The van der Waals surface area contributed by atoms with Crippen LogP contribution in [0, 0.1) is 17.2 Å². The molecule has 80 valence electrons. The monoisotopic (exact) mass is 287 g/mol. The minimum Gasteiger partial charge on any atom is -0.496 e. The summed E-state index contributed by atoms with van der Waals surface area (Å²) in [4.78, 5) is 0. The Bertz CT molecular complexity index is 375. The second-order valence-corrected chi connectivity index (χ2v) is 4.32. The minimum atomic E-state index is -0.132. The molecule has 0 aliphatic heterocycles. The number of hydrogen-bond acceptors (Lipinski definition) is 2. The largest absolute Gasteiger partial charge is 0.496 e. The quantitative estimate of drug-likeness (QED) is 0.796. The molecule has 0 heterocycles. The van der Waals surface area contributed by atoms with Gasteiger partial charge in [-0.3, -0.25) is 0 Å². The molecule has 0 aliphatic rings. The van der Waals surface area contributed by atoms with Crippen molar-refractivity contribution in [2.75, 3.05) is 13.0 Å². The Morgan fingerprint density at radius 2 is 2.33 bits per heavy atom. The normalized spacial score (nSPS) is 11.9. The molecule has 1 rings (SSSR count). The number of rotatable bonds is 4. The van der Waals surface area contributed by atoms with E-state index in [4.69, 9.17) is 21.6 Å². The van der Waals surface area contributed by atoms with Crippen LogP contribution in [0.4, 0.5) is 0 Å². The van der Waals surface area contributed by atoms with Gasteiger partial charge in [0, 0.05) is 5.88 Å². The number of methoxy groups -OCH3 is 1. The predicted octanol–water partition coefficient (Wildman–Crippen LogP) is 3.38. The lowest BCUT2D eigenvalue weighted by Crippen LogP contribution is -2.03. The fourth-order valence-electron chi connectivity index (χ4n) is 1.26. The first-order valence-electron chi connectivity index (χ1n) is 4.49. The highest BCUT2D eigenvalue weighted by Crippen LogP contribution is 2.26. The predicted molar refractivity (Wildman–Crippen MR) is 64.2 cm³/mol. The Balaban J connectivity index is 2.80. The zero-order valence-corrected chi connectivity index (χ0v) is 10.7. The molecule has 0 bridgehead atoms. The second-order valence-electron chi connectivity index (χ2n) is 3.15. The molecule has 0 saturated carbocycles. The van der Waals surface area contributed by atoms with Gasteiger partial charge < -0.3 is 4.74 Å². The maximum absolute atomic E-state index is 8.79. The third kappa shape index (κ3) is 3.40. The van der Waals surface area contributed by atoms with Crippen molar-refractivity contribution in [1.29, 1.82) is 5.26 Å². The van der Waals surface area contributed by atoms with Crippen LogP contribution >= 0.6 is 27.5 Å². The number of ether oxygens (including phenoxy) is 1. The minimum absolute atomic E-state index is 0.132. The summed E-state index contributed by atoms with van der Waals surface area (Å²) >= 11 is 9.06. The number of hydrogen-bond donors (Lipinski definition) is 0. The fraction of sp³-hybridized carbons (Fsp3) is 0.364. The van der Waals surface area contributed by atoms with Gasteiger partial charge in [-0.15, -0.1) is 11.6 Å². The summed E-state index contributed by atoms with van der Waals surface area (Å²) in [6.45, 7) is 0. The molecule has 1 atom stereocenters. The summed E-state index contributed by atoms with van der Waals surface area (Å²) in [5.41, 5.74) is 1.08. The van der Waals surface area contributed by atoms with Gasteiger partial charge in [0.25, 0.3) is 0 Å². The zero-order chi connectivity index (χ0) is 11.3. The van der Waals surface area contributed by atoms with Gasteiger partial charge in [0.2, 0.25) is 0 Å². The van der Waals surface area contributed by atoms with E-state index in [1.54, 1.807) is 7.11 Å². The van der Waals surface area contributed by atoms with Crippen molar-refractivity contribution >= 4 is 27.5 Å². The zero-order valence-electron chi connectivity index (χ0n) is 8.34. The molecule has 1 aromatic rings. The van der Waals surface area contributed by atoms with Crippen molar-refractivity contribution in [3.05, 3.63) is 28.2 Å². The van der Waals surface area contributed by atoms with Crippen molar-refractivity contribution in [2.24, 2.45) is 5.92 Å². The van der Waals surface area contributed by atoms with E-state index in [1.807, 2.05) is 18.2 Å². The average molecular weight is 289 g/mol. The van der Waals surface area contributed by atoms with E-state index in [-0.39, 0.29) is 5.92 Å². The van der Waals surface area contributed by atoms with E-state index < -0.39 is 0 Å². The highest BCUT2D eigenvalue weighted by Gasteiger charge is 2.08. The first kappa shape index (κ1) is 12.4. The van der Waals surface area contributed by atoms with Crippen LogP contribution in [0.3, 0.4) is 0 Å². The molecular weight excluding hydrogens is 277 g/mol. The Labute approximate surface area is 103 Å². The average Bonchev–Trinajstić information content (AvgIpc) is 2.26. The molecule has 0 spiro atoms. The van der Waals surface area contributed by atoms with Crippen molar-refractivity contribution in [3.63, 3.8) is 0 Å². The van der Waals surface area contributed by atoms with E-state index in [0.717, 1.165) is 15.8 Å². The molecule has 0 fully saturated rings. The van der Waals surface area contributed by atoms with E-state index in [2.05, 4.69) is 22.0 Å². The topological polar surface area (TPSA) is 33.0 Å². The van der Waals surface area contributed by atoms with Crippen LogP contribution in [0.1, 0.15) is 5.56 Å². The van der Waals surface area contributed by atoms with Gasteiger partial charge >= 0.3 is 0 Å². The maximum atomic E-state index is 8.79. The Hall–Kier alpha value is -0.720. The van der Waals surface area contributed by atoms with E-state index in [9.17, 15) is 0 Å². The Morgan fingerprint density at radius 1 is 1.60 bits per heavy atom. The Morgan fingerprint density at radius 3 is 2.80 bits per heavy atom. The molecule has 2 nitrogen and oxygen atoms in total. The third-order valence-corrected chi connectivity index (χ3v) is 3.06. The van der Waals surface area contributed by atoms with Gasteiger partial charge in [-0.2, -0.15) is 5.26 Å². The lowest BCUT2D eigenvalue weighted by Gasteiger charge is -2.08. The number of benzene rings is 1. The summed E-state index contributed by atoms with van der Waals surface area (Å²) in [5.74, 6) is 1.02. The SMILES string of the molecule is COc1ccc(CC(C#N)CCl)cc1Br. The van der Waals surface area contributed by atoms with E-state index >= 15 is 0 Å². The number of halogens is 2. The summed E-state index contributed by atoms with van der Waals surface area (Å²) in [6.07, 6.45) is 0.669. The molecule has 15 heavy (non-hydrogen) atoms. The summed E-state index contributed by atoms with van der Waals surface area (Å²) in [7, 11) is 1.62. The van der Waals surface area contributed by atoms with Crippen LogP contribution in [-0.4, -0.2) is 13.0 Å². The maximum Gasteiger partial charge on any atom is 0.133 e. The molecular formula is C11H11BrClNO. The molecule has 0 aliphatic carbocycles. The summed E-state index contributed by atoms with van der Waals surface area (Å²) in [6, 6.07) is 7.95. The lowest BCUT2D eigenvalue weighted by atomic mass is 10.0. The van der Waals surface area contributed by atoms with E-state index in [1.165, 1.54) is 0 Å². The van der Waals surface area contributed by atoms with Crippen molar-refractivity contribution in [3.8, 4) is 11.8 Å². The summed E-state index contributed by atoms with van der Waals surface area (Å²) in [5, 5.41) is 8.79. The number of alkyl halides is 1. The number of nitriles is 1. The number of nitrogens with zero attached hydrogens (tertiary/aromatic N) is 1. The summed E-state index contributed by atoms with van der Waals surface area (Å²) < 4.78 is 6.02. The highest BCUT2D eigenvalue weighted by molar-refractivity contribution is 9.10. The molecule has 0 radical (unpaired) electrons. The Kier molecular flexibility index (Phi) is 4.93. The van der Waals surface area contributed by atoms with Crippen molar-refractivity contribution < 1.29 is 4.74 Å². The third-order valence-electron chi connectivity index (χ3n) is 2.07. The molecule has 1 unspecified atom stereocenters. The van der Waals surface area contributed by atoms with Crippen LogP contribution in [0.15, 0.2) is 22.7 Å². The van der Waals surface area contributed by atoms with Crippen LogP contribution in [-0.2, 0) is 6.42 Å². The lowest BCUT2D eigenvalue weighted by molar-refractivity contribution is 0.412. The molecule has 0 amide bonds. The molecule has 0 aromatic heterocycles. The molecule has 4 heteroatoms. The smallest absolute Gasteiger partial charge is 0.133 e. The van der Waals surface area contributed by atoms with Gasteiger partial charge in [0.15, 0.2) is 0 Å². The molecule has 0 N–H and O–H groups in total. The first-order chi connectivity index (χ1) is 7.21. The van der Waals surface area contributed by atoms with Gasteiger partial charge in [-0.05, 0) is 40.0 Å². The molecule has 0 saturated heterocycles. The van der Waals surface area contributed by atoms with Gasteiger partial charge in [0.1, 0.15) is 5.75 Å². The van der Waals surface area contributed by atoms with Crippen molar-refractivity contribution in [2.45, 2.75) is 6.42 Å². The molecule has 1 aromatic carbocycles.